The van der Waals surface area contributed by atoms with Crippen LogP contribution in [0, 0.1) is 12.7 Å². The highest BCUT2D eigenvalue weighted by Crippen LogP contribution is 2.24. The second kappa shape index (κ2) is 7.31. The summed E-state index contributed by atoms with van der Waals surface area (Å²) in [6, 6.07) is 11.0. The van der Waals surface area contributed by atoms with Crippen LogP contribution in [0.3, 0.4) is 0 Å². The van der Waals surface area contributed by atoms with Crippen molar-refractivity contribution in [3.05, 3.63) is 82.4 Å². The maximum Gasteiger partial charge on any atom is 0.338 e. The molecular formula is C20H17FN2O3. The highest BCUT2D eigenvalue weighted by atomic mass is 19.1. The van der Waals surface area contributed by atoms with Crippen LogP contribution in [0.1, 0.15) is 37.4 Å². The van der Waals surface area contributed by atoms with Gasteiger partial charge in [-0.25, -0.2) is 13.9 Å². The summed E-state index contributed by atoms with van der Waals surface area (Å²) in [6.07, 6.45) is 4.31. The van der Waals surface area contributed by atoms with Crippen LogP contribution < -0.4 is 0 Å². The van der Waals surface area contributed by atoms with E-state index in [0.717, 1.165) is 11.3 Å². The van der Waals surface area contributed by atoms with Gasteiger partial charge in [-0.05, 0) is 54.3 Å². The third kappa shape index (κ3) is 3.26. The van der Waals surface area contributed by atoms with E-state index in [9.17, 15) is 14.0 Å². The molecule has 0 aliphatic heterocycles. The number of methoxy groups -OCH3 is 1. The molecule has 0 saturated carbocycles. The Labute approximate surface area is 150 Å². The minimum absolute atomic E-state index is 0.0613. The summed E-state index contributed by atoms with van der Waals surface area (Å²) in [7, 11) is 1.20. The van der Waals surface area contributed by atoms with Crippen molar-refractivity contribution in [3.63, 3.8) is 0 Å². The molecule has 1 heterocycles. The zero-order valence-corrected chi connectivity index (χ0v) is 14.4. The molecule has 2 aromatic carbocycles. The Hall–Kier alpha value is -3.28. The molecule has 0 spiro atoms. The first kappa shape index (κ1) is 17.5. The van der Waals surface area contributed by atoms with Gasteiger partial charge in [0.2, 0.25) is 0 Å². The van der Waals surface area contributed by atoms with E-state index in [2.05, 4.69) is 9.84 Å². The Bertz CT molecular complexity index is 948. The summed E-state index contributed by atoms with van der Waals surface area (Å²) in [5.41, 5.74) is 2.49. The third-order valence-electron chi connectivity index (χ3n) is 4.28. The van der Waals surface area contributed by atoms with Crippen molar-refractivity contribution < 1.29 is 18.7 Å². The fraction of sp³-hybridized carbons (Fsp3) is 0.150. The molecule has 132 valence electrons. The van der Waals surface area contributed by atoms with Gasteiger partial charge in [0.1, 0.15) is 5.82 Å². The molecule has 0 N–H and O–H groups in total. The summed E-state index contributed by atoms with van der Waals surface area (Å²) in [5, 5.41) is 4.17. The second-order valence-electron chi connectivity index (χ2n) is 5.84. The number of esters is 1. The van der Waals surface area contributed by atoms with Crippen LogP contribution in [0.5, 0.6) is 0 Å². The summed E-state index contributed by atoms with van der Waals surface area (Å²) >= 11 is 0. The predicted molar refractivity (Wildman–Crippen MR) is 94.2 cm³/mol. The monoisotopic (exact) mass is 352 g/mol. The van der Waals surface area contributed by atoms with Crippen LogP contribution in [-0.2, 0) is 11.2 Å². The summed E-state index contributed by atoms with van der Waals surface area (Å²) in [4.78, 5) is 23.1. The molecular weight excluding hydrogens is 335 g/mol. The summed E-state index contributed by atoms with van der Waals surface area (Å²) in [6.45, 7) is 1.59. The lowest BCUT2D eigenvalue weighted by Gasteiger charge is -2.13. The molecule has 0 fully saturated rings. The van der Waals surface area contributed by atoms with Gasteiger partial charge in [0.05, 0.1) is 23.9 Å². The number of carbonyl (C=O) groups is 2. The molecule has 0 aliphatic carbocycles. The Kier molecular flexibility index (Phi) is 4.93. The maximum absolute atomic E-state index is 14.5. The number of benzene rings is 2. The van der Waals surface area contributed by atoms with Crippen molar-refractivity contribution in [1.82, 2.24) is 9.78 Å². The number of halogens is 1. The number of carbonyl (C=O) groups excluding carboxylic acids is 2. The molecule has 26 heavy (non-hydrogen) atoms. The Morgan fingerprint density at radius 3 is 2.62 bits per heavy atom. The molecule has 0 aliphatic rings. The number of hydrogen-bond donors (Lipinski definition) is 0. The number of aldehydes is 1. The smallest absolute Gasteiger partial charge is 0.338 e. The first-order valence-electron chi connectivity index (χ1n) is 7.99. The fourth-order valence-electron chi connectivity index (χ4n) is 2.81. The molecule has 0 amide bonds. The number of nitrogens with zero attached hydrogens (tertiary/aromatic N) is 2. The second-order valence-corrected chi connectivity index (χ2v) is 5.84. The van der Waals surface area contributed by atoms with E-state index >= 15 is 0 Å². The molecule has 0 unspecified atom stereocenters. The van der Waals surface area contributed by atoms with Crippen LogP contribution in [0.4, 0.5) is 4.39 Å². The van der Waals surface area contributed by atoms with Gasteiger partial charge in [-0.15, -0.1) is 0 Å². The molecule has 1 aromatic heterocycles. The quantitative estimate of drug-likeness (QED) is 0.521. The zero-order valence-electron chi connectivity index (χ0n) is 14.4. The highest BCUT2D eigenvalue weighted by Gasteiger charge is 2.20. The van der Waals surface area contributed by atoms with Crippen molar-refractivity contribution >= 4 is 12.3 Å². The zero-order chi connectivity index (χ0) is 18.7. The summed E-state index contributed by atoms with van der Waals surface area (Å²) in [5.74, 6) is -1.42. The van der Waals surface area contributed by atoms with Gasteiger partial charge < -0.3 is 4.74 Å². The number of hydrogen-bond acceptors (Lipinski definition) is 4. The highest BCUT2D eigenvalue weighted by molar-refractivity contribution is 5.98. The van der Waals surface area contributed by atoms with Crippen LogP contribution in [0.2, 0.25) is 0 Å². The van der Waals surface area contributed by atoms with Gasteiger partial charge in [0.25, 0.3) is 0 Å². The number of ether oxygens (including phenoxy) is 1. The molecule has 3 aromatic rings. The average Bonchev–Trinajstić information content (AvgIpc) is 3.20. The Morgan fingerprint density at radius 1 is 1.31 bits per heavy atom. The lowest BCUT2D eigenvalue weighted by molar-refractivity contribution is 0.0597. The SMILES string of the molecule is COC(=O)c1cc(Cc2ccc(-n3cccn3)cc2)c(C)c(F)c1C=O. The Morgan fingerprint density at radius 2 is 2.04 bits per heavy atom. The van der Waals surface area contributed by atoms with E-state index < -0.39 is 11.8 Å². The van der Waals surface area contributed by atoms with Crippen molar-refractivity contribution in [3.8, 4) is 5.69 Å². The van der Waals surface area contributed by atoms with Gasteiger partial charge >= 0.3 is 5.97 Å². The van der Waals surface area contributed by atoms with Gasteiger partial charge in [-0.3, -0.25) is 4.79 Å². The largest absolute Gasteiger partial charge is 0.465 e. The molecule has 6 heteroatoms. The average molecular weight is 352 g/mol. The topological polar surface area (TPSA) is 61.2 Å². The van der Waals surface area contributed by atoms with Crippen LogP contribution in [-0.4, -0.2) is 29.1 Å². The normalized spacial score (nSPS) is 10.6. The lowest BCUT2D eigenvalue weighted by Crippen LogP contribution is -2.11. The third-order valence-corrected chi connectivity index (χ3v) is 4.28. The van der Waals surface area contributed by atoms with Gasteiger partial charge in [-0.1, -0.05) is 12.1 Å². The summed E-state index contributed by atoms with van der Waals surface area (Å²) < 4.78 is 20.9. The van der Waals surface area contributed by atoms with E-state index in [-0.39, 0.29) is 11.1 Å². The van der Waals surface area contributed by atoms with E-state index in [4.69, 9.17) is 0 Å². The minimum Gasteiger partial charge on any atom is -0.465 e. The van der Waals surface area contributed by atoms with Gasteiger partial charge in [-0.2, -0.15) is 5.10 Å². The van der Waals surface area contributed by atoms with Gasteiger partial charge in [0.15, 0.2) is 6.29 Å². The van der Waals surface area contributed by atoms with Crippen molar-refractivity contribution in [1.29, 1.82) is 0 Å². The molecule has 3 rings (SSSR count). The van der Waals surface area contributed by atoms with E-state index in [0.29, 0.717) is 23.8 Å². The van der Waals surface area contributed by atoms with Crippen LogP contribution in [0.25, 0.3) is 5.69 Å². The molecule has 0 bridgehead atoms. The van der Waals surface area contributed by atoms with Crippen molar-refractivity contribution in [2.24, 2.45) is 0 Å². The lowest BCUT2D eigenvalue weighted by atomic mass is 9.94. The van der Waals surface area contributed by atoms with E-state index in [1.807, 2.05) is 36.5 Å². The predicted octanol–water partition coefficient (Wildman–Crippen LogP) is 3.51. The van der Waals surface area contributed by atoms with E-state index in [1.165, 1.54) is 13.2 Å². The van der Waals surface area contributed by atoms with Gasteiger partial charge in [0, 0.05) is 12.4 Å². The number of aromatic nitrogens is 2. The first-order valence-corrected chi connectivity index (χ1v) is 7.99. The fourth-order valence-corrected chi connectivity index (χ4v) is 2.81. The number of rotatable bonds is 5. The molecule has 5 nitrogen and oxygen atoms in total. The molecule has 0 saturated heterocycles. The van der Waals surface area contributed by atoms with Crippen molar-refractivity contribution in [2.45, 2.75) is 13.3 Å². The maximum atomic E-state index is 14.5. The Balaban J connectivity index is 1.95. The van der Waals surface area contributed by atoms with Crippen LogP contribution >= 0.6 is 0 Å². The molecule has 0 radical (unpaired) electrons. The molecule has 0 atom stereocenters. The minimum atomic E-state index is -0.735. The van der Waals surface area contributed by atoms with Crippen molar-refractivity contribution in [2.75, 3.05) is 7.11 Å². The standard InChI is InChI=1S/C20H17FN2O3/c1-13-15(11-17(20(25)26-2)18(12-24)19(13)21)10-14-4-6-16(7-5-14)23-9-3-8-22-23/h3-9,11-12H,10H2,1-2H3. The first-order chi connectivity index (χ1) is 12.5. The van der Waals surface area contributed by atoms with E-state index in [1.54, 1.807) is 17.8 Å². The van der Waals surface area contributed by atoms with Crippen LogP contribution in [0.15, 0.2) is 48.8 Å².